The second-order valence-electron chi connectivity index (χ2n) is 13.4. The number of H-pyrrole nitrogens is 2. The lowest BCUT2D eigenvalue weighted by molar-refractivity contribution is 0.0526. The second kappa shape index (κ2) is 14.9. The predicted molar refractivity (Wildman–Crippen MR) is 202 cm³/mol. The normalized spacial score (nSPS) is 14.8. The minimum Gasteiger partial charge on any atom is -0.478 e. The number of benzene rings is 4. The summed E-state index contributed by atoms with van der Waals surface area (Å²) in [6, 6.07) is 32.7. The lowest BCUT2D eigenvalue weighted by Gasteiger charge is -2.15. The van der Waals surface area contributed by atoms with E-state index >= 15 is 0 Å². The van der Waals surface area contributed by atoms with E-state index in [0.29, 0.717) is 29.8 Å². The van der Waals surface area contributed by atoms with Crippen LogP contribution in [0.4, 0.5) is 11.4 Å². The molecule has 50 heavy (non-hydrogen) atoms. The van der Waals surface area contributed by atoms with E-state index in [9.17, 15) is 14.7 Å². The quantitative estimate of drug-likeness (QED) is 0.0979. The first kappa shape index (κ1) is 33.0. The molecular weight excluding hydrogens is 624 g/mol. The summed E-state index contributed by atoms with van der Waals surface area (Å²) >= 11 is 0. The van der Waals surface area contributed by atoms with Crippen molar-refractivity contribution in [3.8, 4) is 22.5 Å². The van der Waals surface area contributed by atoms with Gasteiger partial charge in [-0.25, -0.2) is 9.59 Å². The number of fused-ring (bicyclic) bond motifs is 2. The van der Waals surface area contributed by atoms with Crippen LogP contribution in [0.25, 0.3) is 44.3 Å². The number of rotatable bonds is 9. The van der Waals surface area contributed by atoms with Gasteiger partial charge in [0, 0.05) is 34.2 Å². The molecule has 0 amide bonds. The Kier molecular flexibility index (Phi) is 9.87. The maximum atomic E-state index is 12.3. The van der Waals surface area contributed by atoms with E-state index in [1.807, 2.05) is 73.7 Å². The molecule has 0 spiro atoms. The average Bonchev–Trinajstić information content (AvgIpc) is 3.97. The van der Waals surface area contributed by atoms with Crippen molar-refractivity contribution in [1.29, 1.82) is 0 Å². The van der Waals surface area contributed by atoms with Crippen LogP contribution >= 0.6 is 0 Å². The third-order valence-electron chi connectivity index (χ3n) is 9.81. The number of hydrogen-bond acceptors (Lipinski definition) is 5. The van der Waals surface area contributed by atoms with Crippen LogP contribution in [0.1, 0.15) is 79.0 Å². The fourth-order valence-corrected chi connectivity index (χ4v) is 7.30. The van der Waals surface area contributed by atoms with Gasteiger partial charge >= 0.3 is 11.9 Å². The van der Waals surface area contributed by atoms with Crippen molar-refractivity contribution in [3.63, 3.8) is 0 Å². The standard InChI is InChI=1S/C22H24N2O2.C20H20N2O2/c1-2-26-22(25)17-12-16-13-19(15-8-4-3-5-9-15)24-21(16)20(14-17)23-18-10-6-7-11-18;23-20(24)15-10-14-11-17(13-6-2-1-3-7-13)22-19(14)18(12-15)21-16-8-4-5-9-16/h3-5,8-9,12-14,18,23-24H,2,6-7,10-11H2,1H3;1-3,6-7,10-12,16,21-22H,4-5,8-9H2,(H,23,24). The summed E-state index contributed by atoms with van der Waals surface area (Å²) in [6.07, 6.45) is 9.64. The van der Waals surface area contributed by atoms with Crippen LogP contribution in [-0.4, -0.2) is 45.7 Å². The molecule has 0 atom stereocenters. The largest absolute Gasteiger partial charge is 0.478 e. The SMILES string of the molecule is CCOC(=O)c1cc(NC2CCCC2)c2[nH]c(-c3ccccc3)cc2c1.O=C(O)c1cc(NC2CCCC2)c2[nH]c(-c3ccccc3)cc2c1. The molecule has 4 aromatic carbocycles. The van der Waals surface area contributed by atoms with Gasteiger partial charge in [-0.15, -0.1) is 0 Å². The van der Waals surface area contributed by atoms with Gasteiger partial charge in [-0.05, 0) is 80.1 Å². The smallest absolute Gasteiger partial charge is 0.338 e. The fraction of sp³-hybridized carbons (Fsp3) is 0.286. The first-order valence-corrected chi connectivity index (χ1v) is 17.8. The van der Waals surface area contributed by atoms with Crippen LogP contribution in [0.5, 0.6) is 0 Å². The van der Waals surface area contributed by atoms with Gasteiger partial charge in [-0.1, -0.05) is 86.3 Å². The Hall–Kier alpha value is -5.50. The first-order chi connectivity index (χ1) is 24.4. The minimum absolute atomic E-state index is 0.272. The number of ether oxygens (including phenoxy) is 1. The number of carbonyl (C=O) groups excluding carboxylic acids is 1. The van der Waals surface area contributed by atoms with E-state index in [4.69, 9.17) is 4.74 Å². The van der Waals surface area contributed by atoms with E-state index in [1.54, 1.807) is 12.1 Å². The lowest BCUT2D eigenvalue weighted by atomic mass is 10.1. The molecule has 0 saturated heterocycles. The highest BCUT2D eigenvalue weighted by Gasteiger charge is 2.20. The lowest BCUT2D eigenvalue weighted by Crippen LogP contribution is -2.15. The molecule has 8 nitrogen and oxygen atoms in total. The highest BCUT2D eigenvalue weighted by atomic mass is 16.5. The van der Waals surface area contributed by atoms with E-state index in [2.05, 4.69) is 38.8 Å². The van der Waals surface area contributed by atoms with Crippen LogP contribution < -0.4 is 10.6 Å². The van der Waals surface area contributed by atoms with E-state index in [1.165, 1.54) is 38.5 Å². The average molecular weight is 669 g/mol. The summed E-state index contributed by atoms with van der Waals surface area (Å²) in [7, 11) is 0. The number of nitrogens with one attached hydrogen (secondary N) is 4. The van der Waals surface area contributed by atoms with Crippen LogP contribution in [-0.2, 0) is 4.74 Å². The van der Waals surface area contributed by atoms with Gasteiger partial charge in [0.2, 0.25) is 0 Å². The molecule has 2 heterocycles. The van der Waals surface area contributed by atoms with E-state index < -0.39 is 5.97 Å². The Labute approximate surface area is 292 Å². The predicted octanol–water partition coefficient (Wildman–Crippen LogP) is 10.3. The fourth-order valence-electron chi connectivity index (χ4n) is 7.30. The van der Waals surface area contributed by atoms with Crippen molar-refractivity contribution >= 4 is 45.1 Å². The molecule has 5 N–H and O–H groups in total. The summed E-state index contributed by atoms with van der Waals surface area (Å²) in [4.78, 5) is 30.8. The molecule has 2 aliphatic carbocycles. The molecule has 0 aliphatic heterocycles. The molecule has 6 aromatic rings. The molecule has 256 valence electrons. The van der Waals surface area contributed by atoms with Gasteiger partial charge in [0.1, 0.15) is 0 Å². The molecule has 8 heteroatoms. The van der Waals surface area contributed by atoms with Crippen molar-refractivity contribution in [2.24, 2.45) is 0 Å². The zero-order valence-electron chi connectivity index (χ0n) is 28.4. The number of anilines is 2. The number of aromatic carboxylic acids is 1. The van der Waals surface area contributed by atoms with Crippen molar-refractivity contribution in [2.75, 3.05) is 17.2 Å². The van der Waals surface area contributed by atoms with Crippen LogP contribution in [0.2, 0.25) is 0 Å². The van der Waals surface area contributed by atoms with Crippen LogP contribution in [0.3, 0.4) is 0 Å². The topological polar surface area (TPSA) is 119 Å². The van der Waals surface area contributed by atoms with Crippen molar-refractivity contribution in [3.05, 3.63) is 108 Å². The van der Waals surface area contributed by atoms with Crippen molar-refractivity contribution in [1.82, 2.24) is 9.97 Å². The zero-order chi connectivity index (χ0) is 34.5. The molecule has 2 aliphatic rings. The number of carboxylic acid groups (broad SMARTS) is 1. The summed E-state index contributed by atoms with van der Waals surface area (Å²) in [5.41, 5.74) is 9.09. The Morgan fingerprint density at radius 2 is 1.10 bits per heavy atom. The summed E-state index contributed by atoms with van der Waals surface area (Å²) in [6.45, 7) is 2.21. The summed E-state index contributed by atoms with van der Waals surface area (Å²) in [5, 5.41) is 18.6. The van der Waals surface area contributed by atoms with Crippen LogP contribution in [0.15, 0.2) is 97.1 Å². The van der Waals surface area contributed by atoms with Gasteiger partial charge in [-0.2, -0.15) is 0 Å². The maximum absolute atomic E-state index is 12.3. The third kappa shape index (κ3) is 7.39. The van der Waals surface area contributed by atoms with Gasteiger partial charge < -0.3 is 30.4 Å². The maximum Gasteiger partial charge on any atom is 0.338 e. The molecule has 0 bridgehead atoms. The molecule has 2 aromatic heterocycles. The minimum atomic E-state index is -0.895. The van der Waals surface area contributed by atoms with Gasteiger partial charge in [0.15, 0.2) is 0 Å². The Morgan fingerprint density at radius 1 is 0.660 bits per heavy atom. The van der Waals surface area contributed by atoms with Gasteiger partial charge in [0.05, 0.1) is 40.1 Å². The summed E-state index contributed by atoms with van der Waals surface area (Å²) < 4.78 is 5.22. The zero-order valence-corrected chi connectivity index (χ0v) is 28.4. The number of hydrogen-bond donors (Lipinski definition) is 5. The molecule has 0 unspecified atom stereocenters. The molecule has 2 saturated carbocycles. The van der Waals surface area contributed by atoms with E-state index in [-0.39, 0.29) is 5.97 Å². The Morgan fingerprint density at radius 3 is 1.54 bits per heavy atom. The third-order valence-corrected chi connectivity index (χ3v) is 9.81. The molecular formula is C42H44N4O4. The monoisotopic (exact) mass is 668 g/mol. The highest BCUT2D eigenvalue weighted by Crippen LogP contribution is 2.34. The number of esters is 1. The van der Waals surface area contributed by atoms with Crippen LogP contribution in [0, 0.1) is 0 Å². The van der Waals surface area contributed by atoms with Gasteiger partial charge in [0.25, 0.3) is 0 Å². The number of aromatic amines is 2. The Balaban J connectivity index is 0.000000157. The molecule has 8 rings (SSSR count). The number of aromatic nitrogens is 2. The second-order valence-corrected chi connectivity index (χ2v) is 13.4. The van der Waals surface area contributed by atoms with Crippen molar-refractivity contribution < 1.29 is 19.4 Å². The Bertz CT molecular complexity index is 2090. The van der Waals surface area contributed by atoms with Crippen molar-refractivity contribution in [2.45, 2.75) is 70.4 Å². The molecule has 0 radical (unpaired) electrons. The number of carbonyl (C=O) groups is 2. The summed E-state index contributed by atoms with van der Waals surface area (Å²) in [5.74, 6) is -1.17. The first-order valence-electron chi connectivity index (χ1n) is 17.8. The van der Waals surface area contributed by atoms with Gasteiger partial charge in [-0.3, -0.25) is 0 Å². The van der Waals surface area contributed by atoms with E-state index in [0.717, 1.165) is 68.5 Å². The molecule has 2 fully saturated rings. The highest BCUT2D eigenvalue weighted by molar-refractivity contribution is 6.03. The number of carboxylic acids is 1.